The summed E-state index contributed by atoms with van der Waals surface area (Å²) in [6, 6.07) is -0.0662. The molecular weight excluding hydrogens is 294 g/mol. The monoisotopic (exact) mass is 321 g/mol. The van der Waals surface area contributed by atoms with Crippen LogP contribution in [0.2, 0.25) is 0 Å². The van der Waals surface area contributed by atoms with E-state index in [0.29, 0.717) is 25.6 Å². The molecule has 1 aromatic rings. The molecule has 2 N–H and O–H groups in total. The minimum absolute atomic E-state index is 0.00946. The number of aryl methyl sites for hydroxylation is 1. The number of hydrogen-bond donors (Lipinski definition) is 2. The molecule has 7 nitrogen and oxygen atoms in total. The molecule has 23 heavy (non-hydrogen) atoms. The third-order valence-corrected chi connectivity index (χ3v) is 3.97. The summed E-state index contributed by atoms with van der Waals surface area (Å²) >= 11 is 0. The van der Waals surface area contributed by atoms with Gasteiger partial charge in [-0.3, -0.25) is 9.48 Å². The van der Waals surface area contributed by atoms with E-state index in [-0.39, 0.29) is 17.9 Å². The van der Waals surface area contributed by atoms with Crippen molar-refractivity contribution < 1.29 is 9.59 Å². The second-order valence-corrected chi connectivity index (χ2v) is 6.61. The first-order chi connectivity index (χ1) is 11.0. The summed E-state index contributed by atoms with van der Waals surface area (Å²) in [6.45, 7) is 6.46. The van der Waals surface area contributed by atoms with Crippen LogP contribution < -0.4 is 10.6 Å². The number of rotatable bonds is 5. The van der Waals surface area contributed by atoms with Crippen molar-refractivity contribution in [2.24, 2.45) is 18.9 Å². The van der Waals surface area contributed by atoms with Gasteiger partial charge in [-0.2, -0.15) is 5.10 Å². The Balaban J connectivity index is 1.80. The molecule has 7 heteroatoms. The van der Waals surface area contributed by atoms with Crippen LogP contribution in [0, 0.1) is 11.8 Å². The van der Waals surface area contributed by atoms with Gasteiger partial charge in [0, 0.05) is 45.0 Å². The van der Waals surface area contributed by atoms with Gasteiger partial charge in [-0.25, -0.2) is 4.79 Å². The number of hydrogen-bond acceptors (Lipinski definition) is 3. The van der Waals surface area contributed by atoms with Crippen LogP contribution in [-0.4, -0.2) is 46.3 Å². The first-order valence-corrected chi connectivity index (χ1v) is 8.23. The predicted molar refractivity (Wildman–Crippen MR) is 87.6 cm³/mol. The molecule has 128 valence electrons. The van der Waals surface area contributed by atoms with Crippen LogP contribution in [0.3, 0.4) is 0 Å². The number of amides is 3. The quantitative estimate of drug-likeness (QED) is 0.853. The van der Waals surface area contributed by atoms with Gasteiger partial charge in [0.25, 0.3) is 0 Å². The van der Waals surface area contributed by atoms with Gasteiger partial charge in [0.15, 0.2) is 0 Å². The zero-order chi connectivity index (χ0) is 16.8. The maximum atomic E-state index is 12.3. The first kappa shape index (κ1) is 17.3. The van der Waals surface area contributed by atoms with Crippen LogP contribution in [-0.2, 0) is 18.4 Å². The van der Waals surface area contributed by atoms with Crippen molar-refractivity contribution in [1.29, 1.82) is 0 Å². The van der Waals surface area contributed by atoms with E-state index >= 15 is 0 Å². The summed E-state index contributed by atoms with van der Waals surface area (Å²) in [5.41, 5.74) is 0.975. The Hall–Kier alpha value is -2.05. The number of carbonyl (C=O) groups excluding carboxylic acids is 2. The lowest BCUT2D eigenvalue weighted by Gasteiger charge is -2.32. The van der Waals surface area contributed by atoms with Crippen molar-refractivity contribution in [3.8, 4) is 0 Å². The lowest BCUT2D eigenvalue weighted by molar-refractivity contribution is -0.126. The standard InChI is InChI=1S/C16H27N5O2/c1-12(2)7-18-16(23)21-6-4-5-14(11-21)15(22)17-8-13-9-19-20(3)10-13/h9-10,12,14H,4-8,11H2,1-3H3,(H,17,22)(H,18,23)/t14-/m0/s1. The average Bonchev–Trinajstić information content (AvgIpc) is 2.95. The lowest BCUT2D eigenvalue weighted by Crippen LogP contribution is -2.49. The largest absolute Gasteiger partial charge is 0.352 e. The van der Waals surface area contributed by atoms with Crippen LogP contribution in [0.4, 0.5) is 4.79 Å². The zero-order valence-corrected chi connectivity index (χ0v) is 14.2. The molecule has 1 aliphatic heterocycles. The molecule has 0 bridgehead atoms. The van der Waals surface area contributed by atoms with Crippen LogP contribution in [0.15, 0.2) is 12.4 Å². The molecule has 2 heterocycles. The van der Waals surface area contributed by atoms with Gasteiger partial charge in [0.2, 0.25) is 5.91 Å². The van der Waals surface area contributed by atoms with Crippen molar-refractivity contribution in [2.75, 3.05) is 19.6 Å². The highest BCUT2D eigenvalue weighted by molar-refractivity contribution is 5.80. The number of likely N-dealkylation sites (tertiary alicyclic amines) is 1. The SMILES string of the molecule is CC(C)CNC(=O)N1CCC[C@H](C(=O)NCc2cnn(C)c2)C1. The second-order valence-electron chi connectivity index (χ2n) is 6.61. The van der Waals surface area contributed by atoms with Crippen LogP contribution in [0.5, 0.6) is 0 Å². The highest BCUT2D eigenvalue weighted by Crippen LogP contribution is 2.17. The molecule has 0 unspecified atom stereocenters. The minimum atomic E-state index is -0.134. The number of urea groups is 1. The third-order valence-electron chi connectivity index (χ3n) is 3.97. The van der Waals surface area contributed by atoms with Crippen molar-refractivity contribution in [2.45, 2.75) is 33.2 Å². The van der Waals surface area contributed by atoms with Gasteiger partial charge < -0.3 is 15.5 Å². The Kier molecular flexibility index (Phi) is 6.01. The van der Waals surface area contributed by atoms with Gasteiger partial charge in [0.05, 0.1) is 12.1 Å². The van der Waals surface area contributed by atoms with Crippen LogP contribution in [0.25, 0.3) is 0 Å². The molecule has 0 spiro atoms. The Bertz CT molecular complexity index is 540. The number of aromatic nitrogens is 2. The van der Waals surface area contributed by atoms with Crippen molar-refractivity contribution in [3.05, 3.63) is 18.0 Å². The minimum Gasteiger partial charge on any atom is -0.352 e. The maximum absolute atomic E-state index is 12.3. The molecule has 0 radical (unpaired) electrons. The molecule has 0 aliphatic carbocycles. The molecule has 1 fully saturated rings. The summed E-state index contributed by atoms with van der Waals surface area (Å²) in [5.74, 6) is 0.294. The van der Waals surface area contributed by atoms with Crippen LogP contribution >= 0.6 is 0 Å². The van der Waals surface area contributed by atoms with E-state index in [0.717, 1.165) is 24.9 Å². The van der Waals surface area contributed by atoms with Crippen molar-refractivity contribution >= 4 is 11.9 Å². The van der Waals surface area contributed by atoms with Crippen molar-refractivity contribution in [1.82, 2.24) is 25.3 Å². The molecular formula is C16H27N5O2. The van der Waals surface area contributed by atoms with Gasteiger partial charge in [-0.1, -0.05) is 13.8 Å². The van der Waals surface area contributed by atoms with E-state index in [4.69, 9.17) is 0 Å². The molecule has 3 amide bonds. The van der Waals surface area contributed by atoms with Crippen molar-refractivity contribution in [3.63, 3.8) is 0 Å². The maximum Gasteiger partial charge on any atom is 0.317 e. The number of piperidine rings is 1. The number of carbonyl (C=O) groups is 2. The molecule has 1 atom stereocenters. The Morgan fingerprint density at radius 1 is 1.39 bits per heavy atom. The summed E-state index contributed by atoms with van der Waals surface area (Å²) in [6.07, 6.45) is 5.31. The van der Waals surface area contributed by atoms with E-state index in [1.165, 1.54) is 0 Å². The smallest absolute Gasteiger partial charge is 0.317 e. The van der Waals surface area contributed by atoms with Gasteiger partial charge in [-0.05, 0) is 18.8 Å². The van der Waals surface area contributed by atoms with E-state index < -0.39 is 0 Å². The highest BCUT2D eigenvalue weighted by atomic mass is 16.2. The zero-order valence-electron chi connectivity index (χ0n) is 14.2. The van der Waals surface area contributed by atoms with Crippen LogP contribution in [0.1, 0.15) is 32.3 Å². The van der Waals surface area contributed by atoms with Gasteiger partial charge in [-0.15, -0.1) is 0 Å². The molecule has 0 aromatic carbocycles. The highest BCUT2D eigenvalue weighted by Gasteiger charge is 2.28. The van der Waals surface area contributed by atoms with E-state index in [1.54, 1.807) is 15.8 Å². The molecule has 1 aromatic heterocycles. The molecule has 2 rings (SSSR count). The second kappa shape index (κ2) is 7.99. The molecule has 1 saturated heterocycles. The fourth-order valence-corrected chi connectivity index (χ4v) is 2.68. The summed E-state index contributed by atoms with van der Waals surface area (Å²) < 4.78 is 1.71. The molecule has 0 saturated carbocycles. The third kappa shape index (κ3) is 5.26. The van der Waals surface area contributed by atoms with E-state index in [2.05, 4.69) is 29.6 Å². The first-order valence-electron chi connectivity index (χ1n) is 8.23. The number of nitrogens with one attached hydrogen (secondary N) is 2. The summed E-state index contributed by atoms with van der Waals surface area (Å²) in [7, 11) is 1.85. The summed E-state index contributed by atoms with van der Waals surface area (Å²) in [4.78, 5) is 26.2. The Morgan fingerprint density at radius 3 is 2.83 bits per heavy atom. The lowest BCUT2D eigenvalue weighted by atomic mass is 9.97. The molecule has 1 aliphatic rings. The fraction of sp³-hybridized carbons (Fsp3) is 0.688. The normalized spacial score (nSPS) is 18.1. The topological polar surface area (TPSA) is 79.3 Å². The van der Waals surface area contributed by atoms with Gasteiger partial charge in [0.1, 0.15) is 0 Å². The van der Waals surface area contributed by atoms with Gasteiger partial charge >= 0.3 is 6.03 Å². The summed E-state index contributed by atoms with van der Waals surface area (Å²) in [5, 5.41) is 9.94. The fourth-order valence-electron chi connectivity index (χ4n) is 2.68. The van der Waals surface area contributed by atoms with E-state index in [1.807, 2.05) is 13.2 Å². The average molecular weight is 321 g/mol. The Labute approximate surface area is 137 Å². The number of nitrogens with zero attached hydrogens (tertiary/aromatic N) is 3. The Morgan fingerprint density at radius 2 is 2.17 bits per heavy atom. The van der Waals surface area contributed by atoms with E-state index in [9.17, 15) is 9.59 Å². The predicted octanol–water partition coefficient (Wildman–Crippen LogP) is 1.11.